The van der Waals surface area contributed by atoms with E-state index in [1.54, 1.807) is 11.3 Å². The highest BCUT2D eigenvalue weighted by atomic mass is 35.5. The van der Waals surface area contributed by atoms with Crippen LogP contribution < -0.4 is 5.32 Å². The van der Waals surface area contributed by atoms with Crippen LogP contribution in [0.2, 0.25) is 0 Å². The van der Waals surface area contributed by atoms with Gasteiger partial charge >= 0.3 is 5.97 Å². The number of nitrogens with one attached hydrogen (secondary N) is 1. The molecule has 4 nitrogen and oxygen atoms in total. The van der Waals surface area contributed by atoms with Crippen molar-refractivity contribution in [3.63, 3.8) is 0 Å². The van der Waals surface area contributed by atoms with Crippen LogP contribution in [0, 0.1) is 5.92 Å². The zero-order chi connectivity index (χ0) is 16.4. The zero-order valence-electron chi connectivity index (χ0n) is 14.0. The van der Waals surface area contributed by atoms with E-state index < -0.39 is 6.04 Å². The predicted octanol–water partition coefficient (Wildman–Crippen LogP) is 3.96. The number of rotatable bonds is 5. The van der Waals surface area contributed by atoms with Gasteiger partial charge in [0.15, 0.2) is 6.04 Å². The molecule has 3 saturated heterocycles. The van der Waals surface area contributed by atoms with E-state index in [0.29, 0.717) is 5.92 Å². The average Bonchev–Trinajstić information content (AvgIpc) is 3.16. The lowest BCUT2D eigenvalue weighted by Crippen LogP contribution is -2.52. The van der Waals surface area contributed by atoms with E-state index in [4.69, 9.17) is 4.74 Å². The number of halogens is 1. The molecule has 2 unspecified atom stereocenters. The highest BCUT2D eigenvalue weighted by Crippen LogP contribution is 2.32. The van der Waals surface area contributed by atoms with Crippen molar-refractivity contribution >= 4 is 35.4 Å². The molecule has 4 heterocycles. The van der Waals surface area contributed by atoms with Crippen molar-refractivity contribution in [3.05, 3.63) is 52.7 Å². The Morgan fingerprint density at radius 1 is 1.16 bits per heavy atom. The maximum absolute atomic E-state index is 12.9. The van der Waals surface area contributed by atoms with Gasteiger partial charge in [-0.3, -0.25) is 4.90 Å². The Hall–Kier alpha value is -1.56. The van der Waals surface area contributed by atoms with Crippen LogP contribution >= 0.6 is 23.7 Å². The van der Waals surface area contributed by atoms with Gasteiger partial charge in [0.2, 0.25) is 0 Å². The molecule has 1 aromatic heterocycles. The van der Waals surface area contributed by atoms with E-state index in [9.17, 15) is 4.79 Å². The van der Waals surface area contributed by atoms with E-state index in [0.717, 1.165) is 43.0 Å². The summed E-state index contributed by atoms with van der Waals surface area (Å²) >= 11 is 1.58. The number of thiophene rings is 1. The summed E-state index contributed by atoms with van der Waals surface area (Å²) < 4.78 is 5.95. The number of carbonyl (C=O) groups is 1. The van der Waals surface area contributed by atoms with E-state index in [1.165, 1.54) is 0 Å². The topological polar surface area (TPSA) is 41.6 Å². The molecule has 1 aromatic carbocycles. The quantitative estimate of drug-likeness (QED) is 0.799. The maximum atomic E-state index is 12.9. The summed E-state index contributed by atoms with van der Waals surface area (Å²) in [5.74, 6) is 0.361. The first-order chi connectivity index (χ1) is 11.8. The second-order valence-corrected chi connectivity index (χ2v) is 7.55. The van der Waals surface area contributed by atoms with Crippen molar-refractivity contribution in [3.8, 4) is 0 Å². The van der Waals surface area contributed by atoms with Gasteiger partial charge in [-0.2, -0.15) is 0 Å². The van der Waals surface area contributed by atoms with Gasteiger partial charge in [0.05, 0.1) is 0 Å². The second kappa shape index (κ2) is 8.21. The summed E-state index contributed by atoms with van der Waals surface area (Å²) in [7, 11) is 0. The largest absolute Gasteiger partial charge is 0.459 e. The molecule has 134 valence electrons. The van der Waals surface area contributed by atoms with Gasteiger partial charge in [-0.05, 0) is 55.4 Å². The minimum absolute atomic E-state index is 0. The number of piperidine rings is 3. The van der Waals surface area contributed by atoms with Crippen LogP contribution in [-0.4, -0.2) is 36.6 Å². The van der Waals surface area contributed by atoms with Crippen LogP contribution in [-0.2, 0) is 9.53 Å². The summed E-state index contributed by atoms with van der Waals surface area (Å²) in [4.78, 5) is 16.3. The third-order valence-electron chi connectivity index (χ3n) is 5.01. The highest BCUT2D eigenvalue weighted by molar-refractivity contribution is 7.10. The fourth-order valence-electron chi connectivity index (χ4n) is 3.66. The molecular weight excluding hydrogens is 356 g/mol. The van der Waals surface area contributed by atoms with Crippen LogP contribution in [0.1, 0.15) is 23.8 Å². The van der Waals surface area contributed by atoms with Crippen molar-refractivity contribution in [1.82, 2.24) is 4.90 Å². The first-order valence-electron chi connectivity index (χ1n) is 8.57. The molecule has 2 atom stereocenters. The third-order valence-corrected chi connectivity index (χ3v) is 5.95. The minimum Gasteiger partial charge on any atom is -0.459 e. The lowest BCUT2D eigenvalue weighted by atomic mass is 9.86. The van der Waals surface area contributed by atoms with Crippen LogP contribution in [0.5, 0.6) is 0 Å². The summed E-state index contributed by atoms with van der Waals surface area (Å²) in [5.41, 5.74) is 0.932. The summed E-state index contributed by atoms with van der Waals surface area (Å²) in [6.45, 7) is 3.18. The van der Waals surface area contributed by atoms with Gasteiger partial charge < -0.3 is 10.1 Å². The monoisotopic (exact) mass is 378 g/mol. The van der Waals surface area contributed by atoms with Crippen molar-refractivity contribution in [2.45, 2.75) is 25.0 Å². The highest BCUT2D eigenvalue weighted by Gasteiger charge is 2.38. The molecule has 2 aromatic rings. The maximum Gasteiger partial charge on any atom is 0.334 e. The van der Waals surface area contributed by atoms with Gasteiger partial charge in [0, 0.05) is 17.1 Å². The van der Waals surface area contributed by atoms with E-state index >= 15 is 0 Å². The first-order valence-corrected chi connectivity index (χ1v) is 9.45. The number of nitrogens with zero attached hydrogens (tertiary/aromatic N) is 1. The van der Waals surface area contributed by atoms with Crippen LogP contribution in [0.15, 0.2) is 47.8 Å². The molecule has 3 fully saturated rings. The summed E-state index contributed by atoms with van der Waals surface area (Å²) in [6.07, 6.45) is 2.33. The Bertz CT molecular complexity index is 672. The van der Waals surface area contributed by atoms with Crippen molar-refractivity contribution in [2.24, 2.45) is 5.92 Å². The number of ether oxygens (including phenoxy) is 1. The van der Waals surface area contributed by atoms with Gasteiger partial charge in [0.1, 0.15) is 6.10 Å². The lowest BCUT2D eigenvalue weighted by molar-refractivity contribution is -0.159. The van der Waals surface area contributed by atoms with E-state index in [2.05, 4.69) is 10.2 Å². The molecule has 2 bridgehead atoms. The molecule has 0 aliphatic carbocycles. The molecule has 0 radical (unpaired) electrons. The molecule has 1 N–H and O–H groups in total. The Labute approximate surface area is 158 Å². The molecule has 25 heavy (non-hydrogen) atoms. The minimum atomic E-state index is -0.442. The smallest absolute Gasteiger partial charge is 0.334 e. The first kappa shape index (κ1) is 18.2. The fourth-order valence-corrected chi connectivity index (χ4v) is 4.43. The van der Waals surface area contributed by atoms with Gasteiger partial charge in [0.25, 0.3) is 0 Å². The lowest BCUT2D eigenvalue weighted by Gasteiger charge is -2.44. The number of hydrogen-bond donors (Lipinski definition) is 1. The molecule has 5 rings (SSSR count). The normalized spacial score (nSPS) is 25.7. The van der Waals surface area contributed by atoms with Gasteiger partial charge in [-0.25, -0.2) is 4.79 Å². The number of carbonyl (C=O) groups excluding carboxylic acids is 1. The van der Waals surface area contributed by atoms with Crippen molar-refractivity contribution in [1.29, 1.82) is 0 Å². The summed E-state index contributed by atoms with van der Waals surface area (Å²) in [5, 5.41) is 5.33. The van der Waals surface area contributed by atoms with Gasteiger partial charge in [-0.1, -0.05) is 24.3 Å². The molecule has 3 aliphatic rings. The predicted molar refractivity (Wildman–Crippen MR) is 103 cm³/mol. The molecule has 0 amide bonds. The van der Waals surface area contributed by atoms with Gasteiger partial charge in [-0.15, -0.1) is 23.7 Å². The number of para-hydroxylation sites is 1. The third kappa shape index (κ3) is 4.17. The molecule has 3 aliphatic heterocycles. The summed E-state index contributed by atoms with van der Waals surface area (Å²) in [6, 6.07) is 13.4. The SMILES string of the molecule is Cl.O=C(OC1CN2CCC1CC2)C(Nc1ccccc1)c1cccs1. The average molecular weight is 379 g/mol. The van der Waals surface area contributed by atoms with Crippen LogP contribution in [0.25, 0.3) is 0 Å². The second-order valence-electron chi connectivity index (χ2n) is 6.57. The number of hydrogen-bond acceptors (Lipinski definition) is 5. The number of anilines is 1. The Kier molecular flexibility index (Phi) is 5.99. The Morgan fingerprint density at radius 2 is 1.92 bits per heavy atom. The molecular formula is C19H23ClN2O2S. The Morgan fingerprint density at radius 3 is 2.52 bits per heavy atom. The Balaban J connectivity index is 0.00000182. The van der Waals surface area contributed by atoms with Crippen LogP contribution in [0.4, 0.5) is 5.69 Å². The number of fused-ring (bicyclic) bond motifs is 3. The van der Waals surface area contributed by atoms with E-state index in [-0.39, 0.29) is 24.5 Å². The van der Waals surface area contributed by atoms with Crippen LogP contribution in [0.3, 0.4) is 0 Å². The van der Waals surface area contributed by atoms with E-state index in [1.807, 2.05) is 47.8 Å². The standard InChI is InChI=1S/C19H22N2O2S.ClH/c22-19(23-16-13-21-10-8-14(16)9-11-21)18(17-7-4-12-24-17)20-15-5-2-1-3-6-15;/h1-7,12,14,16,18,20H,8-11,13H2;1H. The molecule has 0 spiro atoms. The van der Waals surface area contributed by atoms with Crippen molar-refractivity contribution in [2.75, 3.05) is 25.0 Å². The molecule has 6 heteroatoms. The molecule has 0 saturated carbocycles. The zero-order valence-corrected chi connectivity index (χ0v) is 15.6. The number of benzene rings is 1. The number of esters is 1. The fraction of sp³-hybridized carbons (Fsp3) is 0.421. The van der Waals surface area contributed by atoms with Crippen molar-refractivity contribution < 1.29 is 9.53 Å².